The van der Waals surface area contributed by atoms with Crippen molar-refractivity contribution in [3.05, 3.63) is 60.2 Å². The normalized spacial score (nSPS) is 17.6. The van der Waals surface area contributed by atoms with E-state index in [4.69, 9.17) is 0 Å². The van der Waals surface area contributed by atoms with Gasteiger partial charge in [-0.25, -0.2) is 8.42 Å². The molecule has 2 heterocycles. The van der Waals surface area contributed by atoms with Crippen LogP contribution in [0.2, 0.25) is 0 Å². The Morgan fingerprint density at radius 2 is 1.80 bits per heavy atom. The first-order chi connectivity index (χ1) is 14.4. The number of nitrogens with zero attached hydrogens (tertiary/aromatic N) is 3. The van der Waals surface area contributed by atoms with E-state index in [-0.39, 0.29) is 16.8 Å². The maximum Gasteiger partial charge on any atom is 0.257 e. The summed E-state index contributed by atoms with van der Waals surface area (Å²) < 4.78 is 27.4. The molecule has 1 N–H and O–H groups in total. The summed E-state index contributed by atoms with van der Waals surface area (Å²) >= 11 is 1.28. The average Bonchev–Trinajstić information content (AvgIpc) is 3.23. The van der Waals surface area contributed by atoms with E-state index in [9.17, 15) is 13.2 Å². The summed E-state index contributed by atoms with van der Waals surface area (Å²) in [6, 6.07) is 15.6. The second-order valence-corrected chi connectivity index (χ2v) is 10.1. The quantitative estimate of drug-likeness (QED) is 0.644. The summed E-state index contributed by atoms with van der Waals surface area (Å²) in [5.74, 6) is -0.360. The molecular weight excluding hydrogens is 420 g/mol. The first kappa shape index (κ1) is 20.6. The van der Waals surface area contributed by atoms with Gasteiger partial charge in [-0.3, -0.25) is 10.1 Å². The third kappa shape index (κ3) is 4.28. The van der Waals surface area contributed by atoms with E-state index in [2.05, 4.69) is 15.5 Å². The van der Waals surface area contributed by atoms with Crippen LogP contribution in [0.4, 0.5) is 5.13 Å². The number of carbonyl (C=O) groups is 1. The monoisotopic (exact) mass is 442 g/mol. The molecule has 0 aliphatic carbocycles. The Labute approximate surface area is 179 Å². The first-order valence-electron chi connectivity index (χ1n) is 9.77. The highest BCUT2D eigenvalue weighted by atomic mass is 32.2. The van der Waals surface area contributed by atoms with Crippen LogP contribution in [-0.4, -0.2) is 41.4 Å². The molecule has 1 atom stereocenters. The van der Waals surface area contributed by atoms with Crippen molar-refractivity contribution >= 4 is 32.4 Å². The molecule has 1 aromatic heterocycles. The zero-order chi connectivity index (χ0) is 21.1. The van der Waals surface area contributed by atoms with Crippen LogP contribution < -0.4 is 5.32 Å². The highest BCUT2D eigenvalue weighted by Gasteiger charge is 2.30. The van der Waals surface area contributed by atoms with Crippen molar-refractivity contribution in [1.29, 1.82) is 0 Å². The van der Waals surface area contributed by atoms with Gasteiger partial charge in [-0.1, -0.05) is 48.1 Å². The molecule has 3 aromatic rings. The Hall–Kier alpha value is -2.62. The van der Waals surface area contributed by atoms with Gasteiger partial charge in [0.25, 0.3) is 5.91 Å². The number of carbonyl (C=O) groups excluding carboxylic acids is 1. The molecule has 1 unspecified atom stereocenters. The zero-order valence-corrected chi connectivity index (χ0v) is 18.1. The van der Waals surface area contributed by atoms with Gasteiger partial charge in [-0.05, 0) is 44.0 Å². The minimum atomic E-state index is -3.56. The maximum absolute atomic E-state index is 12.9. The fourth-order valence-electron chi connectivity index (χ4n) is 3.48. The third-order valence-corrected chi connectivity index (χ3v) is 8.05. The summed E-state index contributed by atoms with van der Waals surface area (Å²) in [6.45, 7) is 2.47. The number of nitrogens with one attached hydrogen (secondary N) is 1. The van der Waals surface area contributed by atoms with Crippen molar-refractivity contribution in [2.75, 3.05) is 11.9 Å². The lowest BCUT2D eigenvalue weighted by Crippen LogP contribution is -2.41. The lowest BCUT2D eigenvalue weighted by molar-refractivity contribution is 0.102. The van der Waals surface area contributed by atoms with E-state index in [0.29, 0.717) is 22.2 Å². The Bertz CT molecular complexity index is 1130. The van der Waals surface area contributed by atoms with Crippen molar-refractivity contribution in [2.45, 2.75) is 37.1 Å². The highest BCUT2D eigenvalue weighted by Crippen LogP contribution is 2.27. The van der Waals surface area contributed by atoms with Crippen LogP contribution in [0.15, 0.2) is 59.5 Å². The molecule has 4 rings (SSSR count). The van der Waals surface area contributed by atoms with Gasteiger partial charge in [0.1, 0.15) is 5.01 Å². The molecule has 1 aliphatic heterocycles. The molecule has 0 saturated carbocycles. The van der Waals surface area contributed by atoms with Crippen LogP contribution in [0.25, 0.3) is 10.6 Å². The van der Waals surface area contributed by atoms with E-state index in [1.54, 1.807) is 4.31 Å². The van der Waals surface area contributed by atoms with Gasteiger partial charge in [-0.15, -0.1) is 10.2 Å². The zero-order valence-electron chi connectivity index (χ0n) is 16.5. The molecule has 7 nitrogen and oxygen atoms in total. The lowest BCUT2D eigenvalue weighted by atomic mass is 10.1. The number of sulfonamides is 1. The van der Waals surface area contributed by atoms with Gasteiger partial charge < -0.3 is 0 Å². The molecule has 0 bridgehead atoms. The number of hydrogen-bond donors (Lipinski definition) is 1. The Morgan fingerprint density at radius 1 is 1.07 bits per heavy atom. The van der Waals surface area contributed by atoms with Crippen LogP contribution in [0, 0.1) is 0 Å². The molecule has 1 amide bonds. The number of hydrogen-bond acceptors (Lipinski definition) is 6. The largest absolute Gasteiger partial charge is 0.296 e. The molecule has 0 radical (unpaired) electrons. The number of piperidine rings is 1. The molecule has 9 heteroatoms. The lowest BCUT2D eigenvalue weighted by Gasteiger charge is -2.32. The van der Waals surface area contributed by atoms with E-state index >= 15 is 0 Å². The maximum atomic E-state index is 12.9. The van der Waals surface area contributed by atoms with E-state index in [1.807, 2.05) is 37.3 Å². The van der Waals surface area contributed by atoms with E-state index < -0.39 is 10.0 Å². The number of benzene rings is 2. The third-order valence-electron chi connectivity index (χ3n) is 5.13. The predicted octanol–water partition coefficient (Wildman–Crippen LogP) is 4.02. The average molecular weight is 443 g/mol. The van der Waals surface area contributed by atoms with Crippen molar-refractivity contribution in [3.63, 3.8) is 0 Å². The fraction of sp³-hybridized carbons (Fsp3) is 0.286. The number of rotatable bonds is 5. The van der Waals surface area contributed by atoms with Crippen LogP contribution in [0.3, 0.4) is 0 Å². The molecule has 30 heavy (non-hydrogen) atoms. The summed E-state index contributed by atoms with van der Waals surface area (Å²) in [5.41, 5.74) is 1.29. The first-order valence-corrected chi connectivity index (χ1v) is 12.0. The Morgan fingerprint density at radius 3 is 2.50 bits per heavy atom. The van der Waals surface area contributed by atoms with Crippen molar-refractivity contribution in [1.82, 2.24) is 14.5 Å². The van der Waals surface area contributed by atoms with E-state index in [0.717, 1.165) is 24.8 Å². The van der Waals surface area contributed by atoms with Crippen LogP contribution in [-0.2, 0) is 10.0 Å². The van der Waals surface area contributed by atoms with Gasteiger partial charge in [0.15, 0.2) is 0 Å². The summed E-state index contributed by atoms with van der Waals surface area (Å²) in [4.78, 5) is 12.7. The number of anilines is 1. The van der Waals surface area contributed by atoms with Crippen molar-refractivity contribution in [3.8, 4) is 10.6 Å². The van der Waals surface area contributed by atoms with E-state index in [1.165, 1.54) is 35.6 Å². The molecule has 1 aliphatic rings. The molecule has 0 spiro atoms. The summed E-state index contributed by atoms with van der Waals surface area (Å²) in [5, 5.41) is 11.9. The molecule has 1 saturated heterocycles. The van der Waals surface area contributed by atoms with Crippen LogP contribution in [0.5, 0.6) is 0 Å². The number of aromatic nitrogens is 2. The van der Waals surface area contributed by atoms with Crippen molar-refractivity contribution in [2.24, 2.45) is 0 Å². The van der Waals surface area contributed by atoms with Crippen molar-refractivity contribution < 1.29 is 13.2 Å². The van der Waals surface area contributed by atoms with Gasteiger partial charge in [-0.2, -0.15) is 4.31 Å². The standard InChI is InChI=1S/C21H22N4O3S2/c1-15-7-5-6-14-25(15)30(27,28)18-12-10-16(11-13-18)19(26)22-21-24-23-20(29-21)17-8-3-2-4-9-17/h2-4,8-13,15H,5-7,14H2,1H3,(H,22,24,26). The minimum absolute atomic E-state index is 0.0112. The Balaban J connectivity index is 1.46. The highest BCUT2D eigenvalue weighted by molar-refractivity contribution is 7.89. The molecule has 1 fully saturated rings. The van der Waals surface area contributed by atoms with Crippen LogP contribution >= 0.6 is 11.3 Å². The smallest absolute Gasteiger partial charge is 0.257 e. The SMILES string of the molecule is CC1CCCCN1S(=O)(=O)c1ccc(C(=O)Nc2nnc(-c3ccccc3)s2)cc1. The number of amides is 1. The molecule has 2 aromatic carbocycles. The van der Waals surface area contributed by atoms with Gasteiger partial charge in [0.2, 0.25) is 15.2 Å². The molecule has 156 valence electrons. The fourth-order valence-corrected chi connectivity index (χ4v) is 5.93. The van der Waals surface area contributed by atoms with Gasteiger partial charge >= 0.3 is 0 Å². The minimum Gasteiger partial charge on any atom is -0.296 e. The second-order valence-electron chi connectivity index (χ2n) is 7.22. The topological polar surface area (TPSA) is 92.3 Å². The Kier molecular flexibility index (Phi) is 5.94. The summed E-state index contributed by atoms with van der Waals surface area (Å²) in [7, 11) is -3.56. The predicted molar refractivity (Wildman–Crippen MR) is 117 cm³/mol. The second kappa shape index (κ2) is 8.63. The summed E-state index contributed by atoms with van der Waals surface area (Å²) in [6.07, 6.45) is 2.79. The molecular formula is C21H22N4O3S2. The van der Waals surface area contributed by atoms with Gasteiger partial charge in [0, 0.05) is 23.7 Å². The van der Waals surface area contributed by atoms with Crippen LogP contribution in [0.1, 0.15) is 36.5 Å². The van der Waals surface area contributed by atoms with Gasteiger partial charge in [0.05, 0.1) is 4.90 Å².